The SMILES string of the molecule is O=C(NCc1cccc(OCc2ccc(C(F)(F)F)cc2)c1)[C@@H]1CCCN1Oc1nccs1. The molecule has 0 spiro atoms. The number of aromatic nitrogens is 1. The molecule has 1 aliphatic heterocycles. The Bertz CT molecular complexity index is 1060. The fraction of sp³-hybridized carbons (Fsp3) is 0.304. The van der Waals surface area contributed by atoms with Crippen LogP contribution in [0.15, 0.2) is 60.1 Å². The molecule has 0 unspecified atom stereocenters. The zero-order valence-corrected chi connectivity index (χ0v) is 18.4. The molecule has 1 saturated heterocycles. The molecular weight excluding hydrogens is 455 g/mol. The average molecular weight is 478 g/mol. The molecule has 3 aromatic rings. The lowest BCUT2D eigenvalue weighted by Crippen LogP contribution is -2.44. The third-order valence-corrected chi connectivity index (χ3v) is 5.80. The molecule has 0 aliphatic carbocycles. The predicted molar refractivity (Wildman–Crippen MR) is 117 cm³/mol. The first kappa shape index (κ1) is 23.1. The van der Waals surface area contributed by atoms with Crippen LogP contribution in [0, 0.1) is 0 Å². The number of halogens is 3. The van der Waals surface area contributed by atoms with E-state index in [0.29, 0.717) is 36.0 Å². The van der Waals surface area contributed by atoms with E-state index < -0.39 is 11.7 Å². The molecule has 174 valence electrons. The van der Waals surface area contributed by atoms with Gasteiger partial charge in [-0.15, -0.1) is 5.06 Å². The van der Waals surface area contributed by atoms with E-state index in [4.69, 9.17) is 9.57 Å². The Kier molecular flexibility index (Phi) is 7.14. The number of hydrogen-bond acceptors (Lipinski definition) is 6. The van der Waals surface area contributed by atoms with Crippen LogP contribution in [0.2, 0.25) is 0 Å². The van der Waals surface area contributed by atoms with Crippen molar-refractivity contribution in [3.8, 4) is 10.9 Å². The lowest BCUT2D eigenvalue weighted by Gasteiger charge is -2.22. The zero-order chi connectivity index (χ0) is 23.3. The Morgan fingerprint density at radius 1 is 1.18 bits per heavy atom. The van der Waals surface area contributed by atoms with Crippen molar-refractivity contribution in [3.05, 3.63) is 76.8 Å². The minimum Gasteiger partial charge on any atom is -0.489 e. The molecule has 0 radical (unpaired) electrons. The van der Waals surface area contributed by atoms with Crippen molar-refractivity contribution in [2.24, 2.45) is 0 Å². The molecule has 1 atom stereocenters. The van der Waals surface area contributed by atoms with Gasteiger partial charge in [-0.3, -0.25) is 4.79 Å². The van der Waals surface area contributed by atoms with Crippen LogP contribution in [-0.4, -0.2) is 28.5 Å². The highest BCUT2D eigenvalue weighted by molar-refractivity contribution is 7.11. The van der Waals surface area contributed by atoms with Crippen molar-refractivity contribution in [3.63, 3.8) is 0 Å². The van der Waals surface area contributed by atoms with Crippen LogP contribution in [0.25, 0.3) is 0 Å². The average Bonchev–Trinajstić information content (AvgIpc) is 3.49. The van der Waals surface area contributed by atoms with Crippen LogP contribution in [0.5, 0.6) is 10.9 Å². The van der Waals surface area contributed by atoms with Crippen LogP contribution in [-0.2, 0) is 24.1 Å². The van der Waals surface area contributed by atoms with E-state index in [1.165, 1.54) is 23.5 Å². The van der Waals surface area contributed by atoms with Gasteiger partial charge in [0.05, 0.1) is 5.56 Å². The van der Waals surface area contributed by atoms with Gasteiger partial charge in [0.2, 0.25) is 5.91 Å². The number of thiazole rings is 1. The minimum absolute atomic E-state index is 0.125. The Labute approximate surface area is 192 Å². The van der Waals surface area contributed by atoms with Crippen LogP contribution < -0.4 is 14.9 Å². The number of nitrogens with zero attached hydrogens (tertiary/aromatic N) is 2. The lowest BCUT2D eigenvalue weighted by atomic mass is 10.1. The topological polar surface area (TPSA) is 63.7 Å². The Morgan fingerprint density at radius 3 is 2.73 bits per heavy atom. The van der Waals surface area contributed by atoms with Gasteiger partial charge in [0.25, 0.3) is 5.19 Å². The van der Waals surface area contributed by atoms with Crippen molar-refractivity contribution in [2.45, 2.75) is 38.2 Å². The van der Waals surface area contributed by atoms with Crippen molar-refractivity contribution in [2.75, 3.05) is 6.54 Å². The second-order valence-corrected chi connectivity index (χ2v) is 8.39. The fourth-order valence-corrected chi connectivity index (χ4v) is 3.97. The third kappa shape index (κ3) is 6.23. The molecule has 1 N–H and O–H groups in total. The lowest BCUT2D eigenvalue weighted by molar-refractivity contribution is -0.139. The summed E-state index contributed by atoms with van der Waals surface area (Å²) in [5, 5.41) is 6.92. The van der Waals surface area contributed by atoms with Crippen LogP contribution in [0.1, 0.15) is 29.5 Å². The molecule has 1 aromatic heterocycles. The number of carbonyl (C=O) groups is 1. The highest BCUT2D eigenvalue weighted by atomic mass is 32.1. The molecule has 0 bridgehead atoms. The summed E-state index contributed by atoms with van der Waals surface area (Å²) in [5.41, 5.74) is 0.781. The van der Waals surface area contributed by atoms with E-state index in [2.05, 4.69) is 10.3 Å². The van der Waals surface area contributed by atoms with E-state index in [1.807, 2.05) is 11.4 Å². The van der Waals surface area contributed by atoms with E-state index in [-0.39, 0.29) is 18.6 Å². The molecule has 33 heavy (non-hydrogen) atoms. The first-order chi connectivity index (χ1) is 15.9. The Morgan fingerprint density at radius 2 is 2.00 bits per heavy atom. The molecule has 1 fully saturated rings. The van der Waals surface area contributed by atoms with Gasteiger partial charge in [-0.25, -0.2) is 4.98 Å². The monoisotopic (exact) mass is 477 g/mol. The molecule has 2 aromatic carbocycles. The van der Waals surface area contributed by atoms with Crippen LogP contribution in [0.4, 0.5) is 13.2 Å². The van der Waals surface area contributed by atoms with E-state index >= 15 is 0 Å². The largest absolute Gasteiger partial charge is 0.489 e. The van der Waals surface area contributed by atoms with E-state index in [9.17, 15) is 18.0 Å². The summed E-state index contributed by atoms with van der Waals surface area (Å²) in [6.07, 6.45) is -1.15. The van der Waals surface area contributed by atoms with Gasteiger partial charge in [-0.05, 0) is 48.2 Å². The molecule has 0 saturated carbocycles. The van der Waals surface area contributed by atoms with Crippen LogP contribution in [0.3, 0.4) is 0 Å². The smallest absolute Gasteiger partial charge is 0.416 e. The minimum atomic E-state index is -4.36. The number of alkyl halides is 3. The van der Waals surface area contributed by atoms with Gasteiger partial charge < -0.3 is 14.9 Å². The highest BCUT2D eigenvalue weighted by Gasteiger charge is 2.33. The molecule has 4 rings (SSSR count). The summed E-state index contributed by atoms with van der Waals surface area (Å²) < 4.78 is 43.7. The molecular formula is C23H22F3N3O3S. The summed E-state index contributed by atoms with van der Waals surface area (Å²) in [5.74, 6) is 0.441. The highest BCUT2D eigenvalue weighted by Crippen LogP contribution is 2.29. The quantitative estimate of drug-likeness (QED) is 0.504. The van der Waals surface area contributed by atoms with Crippen molar-refractivity contribution >= 4 is 17.2 Å². The van der Waals surface area contributed by atoms with Gasteiger partial charge in [-0.2, -0.15) is 13.2 Å². The summed E-state index contributed by atoms with van der Waals surface area (Å²) in [6.45, 7) is 1.11. The molecule has 2 heterocycles. The molecule has 6 nitrogen and oxygen atoms in total. The third-order valence-electron chi connectivity index (χ3n) is 5.16. The maximum Gasteiger partial charge on any atom is 0.416 e. The summed E-state index contributed by atoms with van der Waals surface area (Å²) in [6, 6.07) is 11.7. The number of ether oxygens (including phenoxy) is 1. The molecule has 1 aliphatic rings. The maximum absolute atomic E-state index is 12.7. The van der Waals surface area contributed by atoms with Crippen LogP contribution >= 0.6 is 11.3 Å². The number of nitrogens with one attached hydrogen (secondary N) is 1. The first-order valence-electron chi connectivity index (χ1n) is 10.4. The first-order valence-corrected chi connectivity index (χ1v) is 11.3. The van der Waals surface area contributed by atoms with Crippen molar-refractivity contribution in [1.82, 2.24) is 15.4 Å². The van der Waals surface area contributed by atoms with Gasteiger partial charge in [0.15, 0.2) is 0 Å². The number of hydroxylamine groups is 2. The van der Waals surface area contributed by atoms with Gasteiger partial charge >= 0.3 is 6.18 Å². The zero-order valence-electron chi connectivity index (χ0n) is 17.5. The van der Waals surface area contributed by atoms with Gasteiger partial charge in [0.1, 0.15) is 18.4 Å². The standard InChI is InChI=1S/C23H22F3N3O3S/c24-23(25,26)18-8-6-16(7-9-18)15-31-19-4-1-3-17(13-19)14-28-21(30)20-5-2-11-29(20)32-22-27-10-12-33-22/h1,3-4,6-10,12-13,20H,2,5,11,14-15H2,(H,28,30)/t20-/m0/s1. The van der Waals surface area contributed by atoms with Crippen molar-refractivity contribution < 1.29 is 27.5 Å². The molecule has 10 heteroatoms. The maximum atomic E-state index is 12.7. The van der Waals surface area contributed by atoms with Gasteiger partial charge in [-0.1, -0.05) is 35.6 Å². The number of hydrogen-bond donors (Lipinski definition) is 1. The Balaban J connectivity index is 1.28. The number of benzene rings is 2. The Hall–Kier alpha value is -3.11. The van der Waals surface area contributed by atoms with E-state index in [1.54, 1.807) is 29.5 Å². The second-order valence-electron chi connectivity index (χ2n) is 7.54. The van der Waals surface area contributed by atoms with Gasteiger partial charge in [0, 0.05) is 24.7 Å². The van der Waals surface area contributed by atoms with Crippen molar-refractivity contribution in [1.29, 1.82) is 0 Å². The summed E-state index contributed by atoms with van der Waals surface area (Å²) >= 11 is 1.37. The van der Waals surface area contributed by atoms with E-state index in [0.717, 1.165) is 24.1 Å². The molecule has 1 amide bonds. The second kappa shape index (κ2) is 10.2. The normalized spacial score (nSPS) is 16.5. The number of rotatable bonds is 8. The predicted octanol–water partition coefficient (Wildman–Crippen LogP) is 4.82. The number of amides is 1. The summed E-state index contributed by atoms with van der Waals surface area (Å²) in [4.78, 5) is 22.5. The fourth-order valence-electron chi connectivity index (χ4n) is 3.48. The number of carbonyl (C=O) groups excluding carboxylic acids is 1. The summed E-state index contributed by atoms with van der Waals surface area (Å²) in [7, 11) is 0.